The number of carbonyl (C=O) groups excluding carboxylic acids is 1. The van der Waals surface area contributed by atoms with Crippen LogP contribution in [0.2, 0.25) is 0 Å². The van der Waals surface area contributed by atoms with Gasteiger partial charge in [-0.25, -0.2) is 0 Å². The lowest BCUT2D eigenvalue weighted by Crippen LogP contribution is -2.23. The van der Waals surface area contributed by atoms with E-state index in [1.807, 2.05) is 25.3 Å². The molecule has 0 aliphatic carbocycles. The number of furan rings is 1. The van der Waals surface area contributed by atoms with Crippen LogP contribution in [0.15, 0.2) is 35.1 Å². The number of nitrogens with zero attached hydrogens (tertiary/aromatic N) is 2. The monoisotopic (exact) mass is 233 g/mol. The molecule has 0 saturated carbocycles. The fourth-order valence-corrected chi connectivity index (χ4v) is 1.49. The van der Waals surface area contributed by atoms with Gasteiger partial charge >= 0.3 is 0 Å². The number of amides is 1. The topological polar surface area (TPSA) is 60.1 Å². The number of aryl methyl sites for hydroxylation is 2. The van der Waals surface area contributed by atoms with E-state index < -0.39 is 0 Å². The maximum atomic E-state index is 11.5. The standard InChI is InChI=1S/C12H15N3O2/c1-10-4-6-15(14-10)7-5-12(16)13-9-11-3-2-8-17-11/h2-4,6,8H,5,7,9H2,1H3,(H,13,16). The maximum absolute atomic E-state index is 11.5. The molecule has 5 nitrogen and oxygen atoms in total. The van der Waals surface area contributed by atoms with Gasteiger partial charge in [-0.15, -0.1) is 0 Å². The van der Waals surface area contributed by atoms with Crippen LogP contribution in [0.25, 0.3) is 0 Å². The van der Waals surface area contributed by atoms with Gasteiger partial charge in [0.15, 0.2) is 0 Å². The third-order valence-corrected chi connectivity index (χ3v) is 2.38. The summed E-state index contributed by atoms with van der Waals surface area (Å²) < 4.78 is 6.88. The van der Waals surface area contributed by atoms with Gasteiger partial charge < -0.3 is 9.73 Å². The lowest BCUT2D eigenvalue weighted by atomic mass is 10.3. The zero-order chi connectivity index (χ0) is 12.1. The third kappa shape index (κ3) is 3.48. The summed E-state index contributed by atoms with van der Waals surface area (Å²) >= 11 is 0. The highest BCUT2D eigenvalue weighted by molar-refractivity contribution is 5.75. The molecule has 0 aliphatic heterocycles. The molecule has 1 N–H and O–H groups in total. The molecule has 0 fully saturated rings. The van der Waals surface area contributed by atoms with E-state index in [2.05, 4.69) is 10.4 Å². The van der Waals surface area contributed by atoms with Crippen LogP contribution in [0.3, 0.4) is 0 Å². The lowest BCUT2D eigenvalue weighted by Gasteiger charge is -2.03. The van der Waals surface area contributed by atoms with Gasteiger partial charge in [-0.05, 0) is 25.1 Å². The maximum Gasteiger partial charge on any atom is 0.222 e. The first kappa shape index (κ1) is 11.4. The van der Waals surface area contributed by atoms with Crippen LogP contribution in [-0.4, -0.2) is 15.7 Å². The van der Waals surface area contributed by atoms with Gasteiger partial charge in [0.1, 0.15) is 5.76 Å². The third-order valence-electron chi connectivity index (χ3n) is 2.38. The number of aromatic nitrogens is 2. The minimum atomic E-state index is -0.00504. The second-order valence-electron chi connectivity index (χ2n) is 3.83. The van der Waals surface area contributed by atoms with E-state index in [-0.39, 0.29) is 5.91 Å². The summed E-state index contributed by atoms with van der Waals surface area (Å²) in [5.74, 6) is 0.753. The van der Waals surface area contributed by atoms with Crippen LogP contribution in [0.5, 0.6) is 0 Å². The Morgan fingerprint density at radius 2 is 2.41 bits per heavy atom. The molecule has 90 valence electrons. The van der Waals surface area contributed by atoms with E-state index in [0.717, 1.165) is 11.5 Å². The summed E-state index contributed by atoms with van der Waals surface area (Å²) in [5.41, 5.74) is 0.959. The highest BCUT2D eigenvalue weighted by Crippen LogP contribution is 1.99. The second-order valence-corrected chi connectivity index (χ2v) is 3.83. The minimum Gasteiger partial charge on any atom is -0.467 e. The van der Waals surface area contributed by atoms with Crippen molar-refractivity contribution in [2.75, 3.05) is 0 Å². The van der Waals surface area contributed by atoms with E-state index in [4.69, 9.17) is 4.42 Å². The van der Waals surface area contributed by atoms with Gasteiger partial charge in [-0.2, -0.15) is 5.10 Å². The molecule has 0 aliphatic rings. The molecule has 2 aromatic heterocycles. The van der Waals surface area contributed by atoms with E-state index in [0.29, 0.717) is 19.5 Å². The number of carbonyl (C=O) groups is 1. The van der Waals surface area contributed by atoms with E-state index in [1.54, 1.807) is 17.0 Å². The zero-order valence-corrected chi connectivity index (χ0v) is 9.72. The predicted molar refractivity (Wildman–Crippen MR) is 62.1 cm³/mol. The smallest absolute Gasteiger partial charge is 0.222 e. The SMILES string of the molecule is Cc1ccn(CCC(=O)NCc2ccco2)n1. The highest BCUT2D eigenvalue weighted by atomic mass is 16.3. The summed E-state index contributed by atoms with van der Waals surface area (Å²) in [4.78, 5) is 11.5. The van der Waals surface area contributed by atoms with E-state index >= 15 is 0 Å². The second kappa shape index (κ2) is 5.34. The Bertz CT molecular complexity index is 474. The average molecular weight is 233 g/mol. The zero-order valence-electron chi connectivity index (χ0n) is 9.72. The Morgan fingerprint density at radius 1 is 1.53 bits per heavy atom. The largest absolute Gasteiger partial charge is 0.467 e. The Hall–Kier alpha value is -2.04. The lowest BCUT2D eigenvalue weighted by molar-refractivity contribution is -0.121. The van der Waals surface area contributed by atoms with Crippen molar-refractivity contribution in [3.8, 4) is 0 Å². The normalized spacial score (nSPS) is 10.4. The van der Waals surface area contributed by atoms with Crippen LogP contribution in [0.1, 0.15) is 17.9 Å². The summed E-state index contributed by atoms with van der Waals surface area (Å²) in [7, 11) is 0. The van der Waals surface area contributed by atoms with Gasteiger partial charge in [-0.1, -0.05) is 0 Å². The Balaban J connectivity index is 1.71. The number of nitrogens with one attached hydrogen (secondary N) is 1. The predicted octanol–water partition coefficient (Wildman–Crippen LogP) is 1.49. The molecule has 0 atom stereocenters. The number of hydrogen-bond acceptors (Lipinski definition) is 3. The molecule has 0 bridgehead atoms. The first-order chi connectivity index (χ1) is 8.24. The van der Waals surface area contributed by atoms with Crippen molar-refractivity contribution in [2.24, 2.45) is 0 Å². The van der Waals surface area contributed by atoms with Crippen molar-refractivity contribution >= 4 is 5.91 Å². The van der Waals surface area contributed by atoms with Crippen molar-refractivity contribution in [1.82, 2.24) is 15.1 Å². The van der Waals surface area contributed by atoms with Gasteiger partial charge in [-0.3, -0.25) is 9.48 Å². The molecular formula is C12H15N3O2. The summed E-state index contributed by atoms with van der Waals surface area (Å²) in [6.07, 6.45) is 3.88. The Morgan fingerprint density at radius 3 is 3.06 bits per heavy atom. The average Bonchev–Trinajstić information content (AvgIpc) is 2.95. The molecule has 2 rings (SSSR count). The molecule has 17 heavy (non-hydrogen) atoms. The van der Waals surface area contributed by atoms with Crippen LogP contribution in [0, 0.1) is 6.92 Å². The van der Waals surface area contributed by atoms with Crippen molar-refractivity contribution in [3.63, 3.8) is 0 Å². The summed E-state index contributed by atoms with van der Waals surface area (Å²) in [6, 6.07) is 5.55. The molecule has 1 amide bonds. The molecule has 2 aromatic rings. The van der Waals surface area contributed by atoms with Crippen LogP contribution in [-0.2, 0) is 17.9 Å². The number of rotatable bonds is 5. The number of hydrogen-bond donors (Lipinski definition) is 1. The fourth-order valence-electron chi connectivity index (χ4n) is 1.49. The molecule has 0 saturated heterocycles. The molecular weight excluding hydrogens is 218 g/mol. The van der Waals surface area contributed by atoms with E-state index in [9.17, 15) is 4.79 Å². The molecule has 5 heteroatoms. The van der Waals surface area contributed by atoms with Crippen LogP contribution < -0.4 is 5.32 Å². The molecule has 0 radical (unpaired) electrons. The first-order valence-electron chi connectivity index (χ1n) is 5.53. The molecule has 2 heterocycles. The quantitative estimate of drug-likeness (QED) is 0.851. The molecule has 0 spiro atoms. The first-order valence-corrected chi connectivity index (χ1v) is 5.53. The molecule has 0 aromatic carbocycles. The summed E-state index contributed by atoms with van der Waals surface area (Å²) in [5, 5.41) is 7.00. The van der Waals surface area contributed by atoms with Crippen LogP contribution >= 0.6 is 0 Å². The minimum absolute atomic E-state index is 0.00504. The summed E-state index contributed by atoms with van der Waals surface area (Å²) in [6.45, 7) is 2.95. The van der Waals surface area contributed by atoms with Gasteiger partial charge in [0, 0.05) is 19.2 Å². The van der Waals surface area contributed by atoms with Gasteiger partial charge in [0.25, 0.3) is 0 Å². The van der Waals surface area contributed by atoms with Crippen molar-refractivity contribution in [1.29, 1.82) is 0 Å². The van der Waals surface area contributed by atoms with Gasteiger partial charge in [0.2, 0.25) is 5.91 Å². The fraction of sp³-hybridized carbons (Fsp3) is 0.333. The molecule has 0 unspecified atom stereocenters. The van der Waals surface area contributed by atoms with Crippen molar-refractivity contribution < 1.29 is 9.21 Å². The van der Waals surface area contributed by atoms with E-state index in [1.165, 1.54) is 0 Å². The van der Waals surface area contributed by atoms with Crippen LogP contribution in [0.4, 0.5) is 0 Å². The van der Waals surface area contributed by atoms with Crippen molar-refractivity contribution in [2.45, 2.75) is 26.4 Å². The Kier molecular flexibility index (Phi) is 3.59. The van der Waals surface area contributed by atoms with Gasteiger partial charge in [0.05, 0.1) is 18.5 Å². The van der Waals surface area contributed by atoms with Crippen molar-refractivity contribution in [3.05, 3.63) is 42.1 Å². The highest BCUT2D eigenvalue weighted by Gasteiger charge is 2.03. The Labute approximate surface area is 99.4 Å².